The second kappa shape index (κ2) is 8.22. The van der Waals surface area contributed by atoms with Crippen molar-refractivity contribution in [3.05, 3.63) is 54.6 Å². The molecule has 0 aliphatic carbocycles. The molecular formula is C19H20N2O5S. The van der Waals surface area contributed by atoms with E-state index in [1.807, 2.05) is 18.2 Å². The number of hydrogen-bond donors (Lipinski definition) is 2. The number of benzene rings is 2. The van der Waals surface area contributed by atoms with Gasteiger partial charge in [-0.05, 0) is 30.7 Å². The quantitative estimate of drug-likeness (QED) is 0.738. The van der Waals surface area contributed by atoms with Crippen molar-refractivity contribution in [3.63, 3.8) is 0 Å². The summed E-state index contributed by atoms with van der Waals surface area (Å²) in [4.78, 5) is 24.2. The van der Waals surface area contributed by atoms with Crippen LogP contribution in [0.2, 0.25) is 0 Å². The summed E-state index contributed by atoms with van der Waals surface area (Å²) in [6.07, 6.45) is -0.0142. The van der Waals surface area contributed by atoms with Crippen molar-refractivity contribution in [3.8, 4) is 11.5 Å². The number of amides is 2. The number of anilines is 1. The van der Waals surface area contributed by atoms with Gasteiger partial charge in [0.15, 0.2) is 15.6 Å². The molecule has 3 rings (SSSR count). The Morgan fingerprint density at radius 2 is 1.70 bits per heavy atom. The van der Waals surface area contributed by atoms with E-state index in [1.165, 1.54) is 0 Å². The smallest absolute Gasteiger partial charge is 0.233 e. The fraction of sp³-hybridized carbons (Fsp3) is 0.263. The number of sulfone groups is 1. The van der Waals surface area contributed by atoms with Crippen LogP contribution in [0.25, 0.3) is 0 Å². The first-order chi connectivity index (χ1) is 12.9. The summed E-state index contributed by atoms with van der Waals surface area (Å²) in [5.41, 5.74) is 0.447. The van der Waals surface area contributed by atoms with Gasteiger partial charge in [-0.25, -0.2) is 8.42 Å². The van der Waals surface area contributed by atoms with E-state index in [0.717, 1.165) is 0 Å². The molecule has 2 amide bonds. The van der Waals surface area contributed by atoms with E-state index in [1.54, 1.807) is 36.4 Å². The van der Waals surface area contributed by atoms with Crippen molar-refractivity contribution < 1.29 is 22.7 Å². The van der Waals surface area contributed by atoms with E-state index in [2.05, 4.69) is 10.6 Å². The van der Waals surface area contributed by atoms with Crippen molar-refractivity contribution >= 4 is 27.3 Å². The van der Waals surface area contributed by atoms with Gasteiger partial charge in [0, 0.05) is 6.04 Å². The molecule has 1 unspecified atom stereocenters. The van der Waals surface area contributed by atoms with E-state index in [0.29, 0.717) is 23.6 Å². The third kappa shape index (κ3) is 5.55. The van der Waals surface area contributed by atoms with Gasteiger partial charge in [0.1, 0.15) is 12.2 Å². The van der Waals surface area contributed by atoms with E-state index in [-0.39, 0.29) is 11.5 Å². The molecule has 0 aromatic heterocycles. The van der Waals surface area contributed by atoms with Gasteiger partial charge in [0.25, 0.3) is 0 Å². The Labute approximate surface area is 157 Å². The summed E-state index contributed by atoms with van der Waals surface area (Å²) in [6.45, 7) is 0. The van der Waals surface area contributed by atoms with Gasteiger partial charge in [-0.1, -0.05) is 30.3 Å². The first-order valence-electron chi connectivity index (χ1n) is 8.53. The molecule has 1 aliphatic heterocycles. The number of hydrogen-bond acceptors (Lipinski definition) is 5. The molecule has 27 heavy (non-hydrogen) atoms. The second-order valence-electron chi connectivity index (χ2n) is 6.30. The summed E-state index contributed by atoms with van der Waals surface area (Å²) in [5, 5.41) is 5.26. The molecule has 1 atom stereocenters. The minimum absolute atomic E-state index is 0.0638. The first-order valence-corrected chi connectivity index (χ1v) is 10.3. The Kier molecular flexibility index (Phi) is 5.75. The minimum Gasteiger partial charge on any atom is -0.455 e. The van der Waals surface area contributed by atoms with E-state index >= 15 is 0 Å². The number of para-hydroxylation sites is 3. The lowest BCUT2D eigenvalue weighted by Crippen LogP contribution is -2.37. The predicted octanol–water partition coefficient (Wildman–Crippen LogP) is 2.11. The molecule has 8 heteroatoms. The van der Waals surface area contributed by atoms with Crippen molar-refractivity contribution in [2.75, 3.05) is 16.8 Å². The lowest BCUT2D eigenvalue weighted by atomic mass is 10.2. The first kappa shape index (κ1) is 18.9. The summed E-state index contributed by atoms with van der Waals surface area (Å²) in [5.74, 6) is 0.0647. The van der Waals surface area contributed by atoms with Gasteiger partial charge in [-0.15, -0.1) is 0 Å². The number of rotatable bonds is 6. The van der Waals surface area contributed by atoms with Crippen molar-refractivity contribution in [1.29, 1.82) is 0 Å². The third-order valence-corrected chi connectivity index (χ3v) is 5.82. The number of nitrogens with one attached hydrogen (secondary N) is 2. The highest BCUT2D eigenvalue weighted by molar-refractivity contribution is 7.91. The van der Waals surface area contributed by atoms with Gasteiger partial charge in [-0.2, -0.15) is 0 Å². The topological polar surface area (TPSA) is 102 Å². The maximum Gasteiger partial charge on any atom is 0.233 e. The molecule has 0 bridgehead atoms. The molecule has 0 spiro atoms. The number of ether oxygens (including phenoxy) is 1. The molecule has 142 valence electrons. The standard InChI is InChI=1S/C19H20N2O5S/c22-18(20-14-10-11-27(24,25)13-14)12-19(23)21-16-8-4-5-9-17(16)26-15-6-2-1-3-7-15/h1-9,14H,10-13H2,(H,20,22)(H,21,23). The molecule has 1 aliphatic rings. The maximum absolute atomic E-state index is 12.2. The summed E-state index contributed by atoms with van der Waals surface area (Å²) in [7, 11) is -3.09. The number of carbonyl (C=O) groups excluding carboxylic acids is 2. The van der Waals surface area contributed by atoms with Crippen LogP contribution < -0.4 is 15.4 Å². The van der Waals surface area contributed by atoms with Gasteiger partial charge < -0.3 is 15.4 Å². The molecular weight excluding hydrogens is 368 g/mol. The van der Waals surface area contributed by atoms with Gasteiger partial charge in [0.2, 0.25) is 11.8 Å². The molecule has 1 heterocycles. The maximum atomic E-state index is 12.2. The van der Waals surface area contributed by atoms with Crippen LogP contribution in [0.5, 0.6) is 11.5 Å². The van der Waals surface area contributed by atoms with Crippen LogP contribution in [-0.4, -0.2) is 37.8 Å². The summed E-state index contributed by atoms with van der Waals surface area (Å²) in [6, 6.07) is 15.6. The van der Waals surface area contributed by atoms with Crippen LogP contribution in [0, 0.1) is 0 Å². The second-order valence-corrected chi connectivity index (χ2v) is 8.53. The molecule has 2 aromatic rings. The van der Waals surface area contributed by atoms with Crippen LogP contribution in [0.1, 0.15) is 12.8 Å². The van der Waals surface area contributed by atoms with E-state index < -0.39 is 34.1 Å². The summed E-state index contributed by atoms with van der Waals surface area (Å²) < 4.78 is 28.6. The zero-order valence-electron chi connectivity index (χ0n) is 14.6. The molecule has 2 aromatic carbocycles. The largest absolute Gasteiger partial charge is 0.455 e. The normalized spacial score (nSPS) is 17.9. The van der Waals surface area contributed by atoms with Crippen LogP contribution in [0.3, 0.4) is 0 Å². The van der Waals surface area contributed by atoms with Crippen molar-refractivity contribution in [1.82, 2.24) is 5.32 Å². The molecule has 0 saturated carbocycles. The molecule has 0 radical (unpaired) electrons. The third-order valence-electron chi connectivity index (χ3n) is 4.05. The Hall–Kier alpha value is -2.87. The predicted molar refractivity (Wildman–Crippen MR) is 101 cm³/mol. The Morgan fingerprint density at radius 1 is 1.00 bits per heavy atom. The molecule has 1 saturated heterocycles. The minimum atomic E-state index is -3.09. The lowest BCUT2D eigenvalue weighted by Gasteiger charge is -2.13. The fourth-order valence-electron chi connectivity index (χ4n) is 2.80. The highest BCUT2D eigenvalue weighted by Crippen LogP contribution is 2.29. The Morgan fingerprint density at radius 3 is 2.41 bits per heavy atom. The average molecular weight is 388 g/mol. The number of carbonyl (C=O) groups is 2. The lowest BCUT2D eigenvalue weighted by molar-refractivity contribution is -0.127. The molecule has 7 nitrogen and oxygen atoms in total. The highest BCUT2D eigenvalue weighted by Gasteiger charge is 2.29. The fourth-order valence-corrected chi connectivity index (χ4v) is 4.48. The van der Waals surface area contributed by atoms with Crippen LogP contribution >= 0.6 is 0 Å². The van der Waals surface area contributed by atoms with Crippen LogP contribution in [0.15, 0.2) is 54.6 Å². The Bertz CT molecular complexity index is 928. The van der Waals surface area contributed by atoms with Crippen molar-refractivity contribution in [2.24, 2.45) is 0 Å². The SMILES string of the molecule is O=C(CC(=O)NC1CCS(=O)(=O)C1)Nc1ccccc1Oc1ccccc1. The van der Waals surface area contributed by atoms with Gasteiger partial charge in [-0.3, -0.25) is 9.59 Å². The zero-order valence-corrected chi connectivity index (χ0v) is 15.4. The van der Waals surface area contributed by atoms with E-state index in [4.69, 9.17) is 4.74 Å². The van der Waals surface area contributed by atoms with Gasteiger partial charge >= 0.3 is 0 Å². The van der Waals surface area contributed by atoms with Crippen LogP contribution in [-0.2, 0) is 19.4 Å². The Balaban J connectivity index is 1.57. The zero-order chi connectivity index (χ0) is 19.3. The monoisotopic (exact) mass is 388 g/mol. The summed E-state index contributed by atoms with van der Waals surface area (Å²) >= 11 is 0. The molecule has 2 N–H and O–H groups in total. The highest BCUT2D eigenvalue weighted by atomic mass is 32.2. The van der Waals surface area contributed by atoms with Crippen molar-refractivity contribution in [2.45, 2.75) is 18.9 Å². The van der Waals surface area contributed by atoms with E-state index in [9.17, 15) is 18.0 Å². The molecule has 1 fully saturated rings. The van der Waals surface area contributed by atoms with Crippen LogP contribution in [0.4, 0.5) is 5.69 Å². The van der Waals surface area contributed by atoms with Gasteiger partial charge in [0.05, 0.1) is 17.2 Å². The average Bonchev–Trinajstić information content (AvgIpc) is 2.95.